The van der Waals surface area contributed by atoms with Crippen LogP contribution in [0.1, 0.15) is 38.4 Å². The minimum atomic E-state index is -0.0853. The Balaban J connectivity index is 1.65. The normalized spacial score (nSPS) is 20.3. The van der Waals surface area contributed by atoms with E-state index in [1.807, 2.05) is 7.05 Å². The van der Waals surface area contributed by atoms with Crippen molar-refractivity contribution in [3.05, 3.63) is 22.4 Å². The molecule has 2 heterocycles. The summed E-state index contributed by atoms with van der Waals surface area (Å²) in [5.41, 5.74) is 0.585. The molecule has 1 atom stereocenters. The number of H-pyrrole nitrogens is 1. The topological polar surface area (TPSA) is 66.8 Å². The molecule has 0 radical (unpaired) electrons. The first-order chi connectivity index (χ1) is 10.1. The first-order valence-corrected chi connectivity index (χ1v) is 7.80. The number of aryl methyl sites for hydroxylation is 1. The van der Waals surface area contributed by atoms with Crippen LogP contribution in [0.3, 0.4) is 0 Å². The number of aromatic nitrogens is 4. The van der Waals surface area contributed by atoms with Gasteiger partial charge in [0.1, 0.15) is 11.2 Å². The van der Waals surface area contributed by atoms with E-state index in [9.17, 15) is 4.79 Å². The monoisotopic (exact) mass is 287 g/mol. The summed E-state index contributed by atoms with van der Waals surface area (Å²) >= 11 is 0. The van der Waals surface area contributed by atoms with E-state index >= 15 is 0 Å². The summed E-state index contributed by atoms with van der Waals surface area (Å²) in [5, 5.41) is 4.68. The maximum atomic E-state index is 12.1. The summed E-state index contributed by atoms with van der Waals surface area (Å²) in [6.45, 7) is 3.05. The predicted octanol–water partition coefficient (Wildman–Crippen LogP) is 1.42. The van der Waals surface area contributed by atoms with Gasteiger partial charge in [-0.3, -0.25) is 14.4 Å². The van der Waals surface area contributed by atoms with Gasteiger partial charge in [0, 0.05) is 19.1 Å². The van der Waals surface area contributed by atoms with E-state index in [1.54, 1.807) is 10.9 Å². The molecule has 2 aromatic rings. The van der Waals surface area contributed by atoms with Gasteiger partial charge in [-0.25, -0.2) is 4.98 Å². The second kappa shape index (κ2) is 4.66. The quantitative estimate of drug-likeness (QED) is 0.903. The molecule has 0 unspecified atom stereocenters. The van der Waals surface area contributed by atoms with Crippen LogP contribution in [-0.2, 0) is 13.6 Å². The zero-order chi connectivity index (χ0) is 14.6. The molecule has 0 saturated heterocycles. The summed E-state index contributed by atoms with van der Waals surface area (Å²) in [4.78, 5) is 22.2. The number of aromatic amines is 1. The molecule has 1 N–H and O–H groups in total. The van der Waals surface area contributed by atoms with Gasteiger partial charge in [-0.1, -0.05) is 0 Å². The molecule has 2 aromatic heterocycles. The fraction of sp³-hybridized carbons (Fsp3) is 0.667. The fourth-order valence-electron chi connectivity index (χ4n) is 3.19. The van der Waals surface area contributed by atoms with E-state index in [4.69, 9.17) is 0 Å². The molecule has 0 amide bonds. The van der Waals surface area contributed by atoms with E-state index in [0.717, 1.165) is 18.3 Å². The Morgan fingerprint density at radius 2 is 2.19 bits per heavy atom. The average molecular weight is 287 g/mol. The summed E-state index contributed by atoms with van der Waals surface area (Å²) in [5.74, 6) is 1.59. The highest BCUT2D eigenvalue weighted by atomic mass is 16.1. The number of hydrogen-bond donors (Lipinski definition) is 1. The van der Waals surface area contributed by atoms with Gasteiger partial charge in [-0.2, -0.15) is 5.10 Å². The Morgan fingerprint density at radius 3 is 2.86 bits per heavy atom. The summed E-state index contributed by atoms with van der Waals surface area (Å²) in [7, 11) is 1.82. The second-order valence-corrected chi connectivity index (χ2v) is 6.50. The molecule has 4 rings (SSSR count). The van der Waals surface area contributed by atoms with Crippen molar-refractivity contribution in [1.82, 2.24) is 24.6 Å². The first-order valence-electron chi connectivity index (χ1n) is 7.80. The van der Waals surface area contributed by atoms with Crippen LogP contribution in [0.15, 0.2) is 11.0 Å². The van der Waals surface area contributed by atoms with Gasteiger partial charge in [0.05, 0.1) is 12.7 Å². The van der Waals surface area contributed by atoms with Crippen LogP contribution >= 0.6 is 0 Å². The molecule has 2 fully saturated rings. The van der Waals surface area contributed by atoms with Gasteiger partial charge in [-0.05, 0) is 38.5 Å². The maximum absolute atomic E-state index is 12.1. The number of rotatable bonds is 5. The van der Waals surface area contributed by atoms with Gasteiger partial charge in [-0.15, -0.1) is 0 Å². The molecule has 6 nitrogen and oxygen atoms in total. The molecular formula is C15H21N5O. The lowest BCUT2D eigenvalue weighted by atomic mass is 10.1. The third-order valence-corrected chi connectivity index (χ3v) is 4.83. The smallest absolute Gasteiger partial charge is 0.262 e. The van der Waals surface area contributed by atoms with Crippen LogP contribution in [0.5, 0.6) is 0 Å². The lowest BCUT2D eigenvalue weighted by molar-refractivity contribution is 0.166. The largest absolute Gasteiger partial charge is 0.309 e. The Kier molecular flexibility index (Phi) is 2.89. The van der Waals surface area contributed by atoms with E-state index in [2.05, 4.69) is 26.9 Å². The van der Waals surface area contributed by atoms with Crippen molar-refractivity contribution in [1.29, 1.82) is 0 Å². The number of fused-ring (bicyclic) bond motifs is 1. The lowest BCUT2D eigenvalue weighted by Crippen LogP contribution is -2.37. The number of hydrogen-bond acceptors (Lipinski definition) is 4. The summed E-state index contributed by atoms with van der Waals surface area (Å²) in [6.07, 6.45) is 6.81. The average Bonchev–Trinajstić information content (AvgIpc) is 3.35. The third-order valence-electron chi connectivity index (χ3n) is 4.83. The van der Waals surface area contributed by atoms with Crippen LogP contribution in [0.25, 0.3) is 11.0 Å². The minimum absolute atomic E-state index is 0.0853. The summed E-state index contributed by atoms with van der Waals surface area (Å²) in [6, 6.07) is 1.26. The lowest BCUT2D eigenvalue weighted by Gasteiger charge is -2.28. The SMILES string of the molecule is C[C@@H](C1CC1)N(Cc1nc2c(cnn2C)c(=O)[nH]1)C1CC1. The Hall–Kier alpha value is -1.69. The number of nitrogens with one attached hydrogen (secondary N) is 1. The van der Waals surface area contributed by atoms with Crippen molar-refractivity contribution >= 4 is 11.0 Å². The van der Waals surface area contributed by atoms with Crippen LogP contribution in [-0.4, -0.2) is 36.7 Å². The van der Waals surface area contributed by atoms with Gasteiger partial charge < -0.3 is 4.98 Å². The molecule has 0 bridgehead atoms. The molecule has 21 heavy (non-hydrogen) atoms. The highest BCUT2D eigenvalue weighted by Gasteiger charge is 2.39. The first kappa shape index (κ1) is 13.0. The number of nitrogens with zero attached hydrogens (tertiary/aromatic N) is 4. The molecule has 0 aromatic carbocycles. The highest BCUT2D eigenvalue weighted by Crippen LogP contribution is 2.40. The molecule has 0 spiro atoms. The van der Waals surface area contributed by atoms with Gasteiger partial charge in [0.15, 0.2) is 5.65 Å². The standard InChI is InChI=1S/C15H21N5O/c1-9(10-3-4-10)20(11-5-6-11)8-13-17-14-12(15(21)18-13)7-16-19(14)2/h7,9-11H,3-6,8H2,1-2H3,(H,17,18,21)/t9-/m0/s1. The van der Waals surface area contributed by atoms with Crippen LogP contribution in [0.2, 0.25) is 0 Å². The molecule has 6 heteroatoms. The minimum Gasteiger partial charge on any atom is -0.309 e. The van der Waals surface area contributed by atoms with Gasteiger partial charge >= 0.3 is 0 Å². The zero-order valence-electron chi connectivity index (χ0n) is 12.5. The molecule has 2 aliphatic rings. The van der Waals surface area contributed by atoms with Crippen LogP contribution in [0.4, 0.5) is 0 Å². The van der Waals surface area contributed by atoms with Crippen molar-refractivity contribution < 1.29 is 0 Å². The van der Waals surface area contributed by atoms with E-state index in [-0.39, 0.29) is 5.56 Å². The molecule has 0 aliphatic heterocycles. The van der Waals surface area contributed by atoms with Crippen LogP contribution < -0.4 is 5.56 Å². The highest BCUT2D eigenvalue weighted by molar-refractivity contribution is 5.72. The zero-order valence-corrected chi connectivity index (χ0v) is 12.5. The Morgan fingerprint density at radius 1 is 1.43 bits per heavy atom. The molecular weight excluding hydrogens is 266 g/mol. The van der Waals surface area contributed by atoms with Crippen molar-refractivity contribution in [2.75, 3.05) is 0 Å². The third kappa shape index (κ3) is 2.37. The van der Waals surface area contributed by atoms with Crippen molar-refractivity contribution in [3.63, 3.8) is 0 Å². The van der Waals surface area contributed by atoms with Gasteiger partial charge in [0.2, 0.25) is 0 Å². The second-order valence-electron chi connectivity index (χ2n) is 6.50. The Bertz CT molecular complexity index is 725. The van der Waals surface area contributed by atoms with E-state index in [0.29, 0.717) is 23.1 Å². The van der Waals surface area contributed by atoms with Crippen LogP contribution in [0, 0.1) is 5.92 Å². The van der Waals surface area contributed by atoms with Crippen molar-refractivity contribution in [2.45, 2.75) is 51.2 Å². The Labute approximate surface area is 123 Å². The molecule has 2 aliphatic carbocycles. The van der Waals surface area contributed by atoms with E-state index in [1.165, 1.54) is 25.7 Å². The molecule has 2 saturated carbocycles. The van der Waals surface area contributed by atoms with Crippen molar-refractivity contribution in [2.24, 2.45) is 13.0 Å². The van der Waals surface area contributed by atoms with E-state index < -0.39 is 0 Å². The summed E-state index contributed by atoms with van der Waals surface area (Å²) < 4.78 is 1.67. The maximum Gasteiger partial charge on any atom is 0.262 e. The van der Waals surface area contributed by atoms with Crippen molar-refractivity contribution in [3.8, 4) is 0 Å². The predicted molar refractivity (Wildman–Crippen MR) is 79.9 cm³/mol. The van der Waals surface area contributed by atoms with Gasteiger partial charge in [0.25, 0.3) is 5.56 Å². The molecule has 112 valence electrons. The fourth-order valence-corrected chi connectivity index (χ4v) is 3.19.